The minimum atomic E-state index is 0.0785. The van der Waals surface area contributed by atoms with Crippen LogP contribution in [0.25, 0.3) is 0 Å². The molecular weight excluding hydrogens is 333 g/mol. The number of carbonyl (C=O) groups is 1. The van der Waals surface area contributed by atoms with Crippen molar-refractivity contribution in [2.24, 2.45) is 5.92 Å². The predicted octanol–water partition coefficient (Wildman–Crippen LogP) is 3.62. The second-order valence-electron chi connectivity index (χ2n) is 3.94. The summed E-state index contributed by atoms with van der Waals surface area (Å²) in [6, 6.07) is 7.80. The molecule has 0 saturated heterocycles. The summed E-state index contributed by atoms with van der Waals surface area (Å²) in [5, 5.41) is 2.92. The van der Waals surface area contributed by atoms with Crippen LogP contribution in [0, 0.1) is 9.49 Å². The fourth-order valence-electron chi connectivity index (χ4n) is 1.14. The Morgan fingerprint density at radius 3 is 2.75 bits per heavy atom. The molecule has 0 bridgehead atoms. The van der Waals surface area contributed by atoms with Crippen molar-refractivity contribution >= 4 is 45.9 Å². The number of anilines is 1. The molecule has 1 aromatic rings. The Bertz CT molecular complexity index is 355. The zero-order chi connectivity index (χ0) is 12.0. The molecule has 0 spiro atoms. The molecule has 0 saturated carbocycles. The normalized spacial score (nSPS) is 10.5. The van der Waals surface area contributed by atoms with Gasteiger partial charge in [-0.3, -0.25) is 4.79 Å². The third kappa shape index (κ3) is 5.21. The quantitative estimate of drug-likeness (QED) is 0.823. The minimum Gasteiger partial charge on any atom is -0.324 e. The summed E-state index contributed by atoms with van der Waals surface area (Å²) in [5.74, 6) is 2.27. The maximum absolute atomic E-state index is 11.6. The average molecular weight is 349 g/mol. The van der Waals surface area contributed by atoms with Crippen LogP contribution in [0.15, 0.2) is 24.3 Å². The van der Waals surface area contributed by atoms with Crippen molar-refractivity contribution in [2.75, 3.05) is 16.8 Å². The van der Waals surface area contributed by atoms with Gasteiger partial charge in [0.05, 0.1) is 11.4 Å². The van der Waals surface area contributed by atoms with Gasteiger partial charge in [-0.1, -0.05) is 26.0 Å². The van der Waals surface area contributed by atoms with Crippen LogP contribution in [0.3, 0.4) is 0 Å². The number of halogens is 1. The van der Waals surface area contributed by atoms with Crippen molar-refractivity contribution in [2.45, 2.75) is 13.8 Å². The number of rotatable bonds is 5. The maximum Gasteiger partial charge on any atom is 0.234 e. The van der Waals surface area contributed by atoms with Crippen molar-refractivity contribution in [1.82, 2.24) is 0 Å². The molecule has 1 N–H and O–H groups in total. The van der Waals surface area contributed by atoms with Crippen LogP contribution in [-0.4, -0.2) is 17.4 Å². The lowest BCUT2D eigenvalue weighted by Gasteiger charge is -2.07. The standard InChI is InChI=1S/C12H16INOS/c1-9(2)7-16-8-12(15)14-11-6-4-3-5-10(11)13/h3-6,9H,7-8H2,1-2H3,(H,14,15). The van der Waals surface area contributed by atoms with Gasteiger partial charge in [0.2, 0.25) is 5.91 Å². The molecule has 0 aliphatic heterocycles. The van der Waals surface area contributed by atoms with Crippen LogP contribution in [0.2, 0.25) is 0 Å². The monoisotopic (exact) mass is 349 g/mol. The van der Waals surface area contributed by atoms with E-state index in [1.165, 1.54) is 0 Å². The number of amides is 1. The van der Waals surface area contributed by atoms with Crippen LogP contribution < -0.4 is 5.32 Å². The molecule has 4 heteroatoms. The van der Waals surface area contributed by atoms with Gasteiger partial charge < -0.3 is 5.32 Å². The van der Waals surface area contributed by atoms with E-state index in [1.54, 1.807) is 11.8 Å². The number of hydrogen-bond acceptors (Lipinski definition) is 2. The van der Waals surface area contributed by atoms with Gasteiger partial charge >= 0.3 is 0 Å². The molecule has 1 amide bonds. The van der Waals surface area contributed by atoms with Crippen LogP contribution >= 0.6 is 34.4 Å². The summed E-state index contributed by atoms with van der Waals surface area (Å²) < 4.78 is 1.07. The minimum absolute atomic E-state index is 0.0785. The summed E-state index contributed by atoms with van der Waals surface area (Å²) in [6.45, 7) is 4.32. The van der Waals surface area contributed by atoms with Gasteiger partial charge in [0.1, 0.15) is 0 Å². The van der Waals surface area contributed by atoms with Gasteiger partial charge in [-0.2, -0.15) is 11.8 Å². The lowest BCUT2D eigenvalue weighted by atomic mass is 10.3. The van der Waals surface area contributed by atoms with E-state index in [1.807, 2.05) is 24.3 Å². The van der Waals surface area contributed by atoms with Crippen LogP contribution in [0.4, 0.5) is 5.69 Å². The molecule has 0 unspecified atom stereocenters. The van der Waals surface area contributed by atoms with Crippen molar-refractivity contribution < 1.29 is 4.79 Å². The Hall–Kier alpha value is -0.230. The first kappa shape index (κ1) is 13.8. The number of benzene rings is 1. The Morgan fingerprint density at radius 1 is 1.44 bits per heavy atom. The smallest absolute Gasteiger partial charge is 0.234 e. The Kier molecular flexibility index (Phi) is 6.20. The summed E-state index contributed by atoms with van der Waals surface area (Å²) in [4.78, 5) is 11.6. The molecule has 1 rings (SSSR count). The molecule has 0 atom stereocenters. The van der Waals surface area contributed by atoms with E-state index >= 15 is 0 Å². The molecule has 88 valence electrons. The van der Waals surface area contributed by atoms with E-state index in [2.05, 4.69) is 41.8 Å². The fraction of sp³-hybridized carbons (Fsp3) is 0.417. The maximum atomic E-state index is 11.6. The second kappa shape index (κ2) is 7.17. The largest absolute Gasteiger partial charge is 0.324 e. The predicted molar refractivity (Wildman–Crippen MR) is 80.0 cm³/mol. The van der Waals surface area contributed by atoms with Gasteiger partial charge in [0.25, 0.3) is 0 Å². The highest BCUT2D eigenvalue weighted by atomic mass is 127. The topological polar surface area (TPSA) is 29.1 Å². The summed E-state index contributed by atoms with van der Waals surface area (Å²) in [5.41, 5.74) is 0.901. The first-order valence-electron chi connectivity index (χ1n) is 5.21. The van der Waals surface area contributed by atoms with Crippen LogP contribution in [0.5, 0.6) is 0 Å². The molecule has 0 aliphatic rings. The number of para-hydroxylation sites is 1. The molecule has 0 heterocycles. The average Bonchev–Trinajstić information content (AvgIpc) is 2.21. The highest BCUT2D eigenvalue weighted by Gasteiger charge is 2.05. The van der Waals surface area contributed by atoms with E-state index in [0.717, 1.165) is 15.0 Å². The molecule has 0 aliphatic carbocycles. The molecule has 0 radical (unpaired) electrons. The van der Waals surface area contributed by atoms with Crippen molar-refractivity contribution in [1.29, 1.82) is 0 Å². The van der Waals surface area contributed by atoms with Gasteiger partial charge in [-0.15, -0.1) is 0 Å². The zero-order valence-corrected chi connectivity index (χ0v) is 12.5. The third-order valence-corrected chi connectivity index (χ3v) is 4.14. The van der Waals surface area contributed by atoms with Gasteiger partial charge in [0.15, 0.2) is 0 Å². The molecule has 1 aromatic carbocycles. The highest BCUT2D eigenvalue weighted by molar-refractivity contribution is 14.1. The van der Waals surface area contributed by atoms with E-state index in [-0.39, 0.29) is 5.91 Å². The summed E-state index contributed by atoms with van der Waals surface area (Å²) in [6.07, 6.45) is 0. The van der Waals surface area contributed by atoms with Crippen LogP contribution in [0.1, 0.15) is 13.8 Å². The molecule has 2 nitrogen and oxygen atoms in total. The lowest BCUT2D eigenvalue weighted by Crippen LogP contribution is -2.15. The fourth-order valence-corrected chi connectivity index (χ4v) is 2.51. The zero-order valence-electron chi connectivity index (χ0n) is 9.50. The highest BCUT2D eigenvalue weighted by Crippen LogP contribution is 2.17. The molecule has 0 fully saturated rings. The first-order chi connectivity index (χ1) is 7.59. The van der Waals surface area contributed by atoms with Crippen LogP contribution in [-0.2, 0) is 4.79 Å². The van der Waals surface area contributed by atoms with Crippen molar-refractivity contribution in [3.05, 3.63) is 27.8 Å². The molecule has 0 aromatic heterocycles. The van der Waals surface area contributed by atoms with E-state index < -0.39 is 0 Å². The summed E-state index contributed by atoms with van der Waals surface area (Å²) >= 11 is 3.90. The second-order valence-corrected chi connectivity index (χ2v) is 6.13. The van der Waals surface area contributed by atoms with Gasteiger partial charge in [-0.05, 0) is 46.4 Å². The number of nitrogens with one attached hydrogen (secondary N) is 1. The van der Waals surface area contributed by atoms with Crippen molar-refractivity contribution in [3.8, 4) is 0 Å². The molecule has 16 heavy (non-hydrogen) atoms. The number of hydrogen-bond donors (Lipinski definition) is 1. The SMILES string of the molecule is CC(C)CSCC(=O)Nc1ccccc1I. The Labute approximate surface area is 115 Å². The summed E-state index contributed by atoms with van der Waals surface area (Å²) in [7, 11) is 0. The van der Waals surface area contributed by atoms with Gasteiger partial charge in [-0.25, -0.2) is 0 Å². The van der Waals surface area contributed by atoms with Gasteiger partial charge in [0, 0.05) is 3.57 Å². The van der Waals surface area contributed by atoms with E-state index in [0.29, 0.717) is 11.7 Å². The number of thioether (sulfide) groups is 1. The Balaban J connectivity index is 2.37. The molecular formula is C12H16INOS. The first-order valence-corrected chi connectivity index (χ1v) is 7.45. The number of carbonyl (C=O) groups excluding carboxylic acids is 1. The third-order valence-electron chi connectivity index (χ3n) is 1.83. The Morgan fingerprint density at radius 2 is 2.12 bits per heavy atom. The van der Waals surface area contributed by atoms with Crippen molar-refractivity contribution in [3.63, 3.8) is 0 Å². The van der Waals surface area contributed by atoms with E-state index in [9.17, 15) is 4.79 Å². The lowest BCUT2D eigenvalue weighted by molar-refractivity contribution is -0.113. The van der Waals surface area contributed by atoms with E-state index in [4.69, 9.17) is 0 Å².